The van der Waals surface area contributed by atoms with Crippen LogP contribution in [0.1, 0.15) is 44.1 Å². The number of amides is 2. The van der Waals surface area contributed by atoms with E-state index in [1.807, 2.05) is 31.2 Å². The number of imide groups is 1. The third-order valence-corrected chi connectivity index (χ3v) is 5.16. The van der Waals surface area contributed by atoms with Crippen molar-refractivity contribution >= 4 is 11.8 Å². The Bertz CT molecular complexity index is 604. The van der Waals surface area contributed by atoms with Gasteiger partial charge in [0, 0.05) is 6.42 Å². The topological polar surface area (TPSA) is 66.8 Å². The molecule has 1 aromatic carbocycles. The number of carbonyl (C=O) groups excluding carboxylic acids is 2. The molecule has 0 bridgehead atoms. The monoisotopic (exact) mass is 331 g/mol. The summed E-state index contributed by atoms with van der Waals surface area (Å²) >= 11 is 0. The van der Waals surface area contributed by atoms with Gasteiger partial charge in [-0.3, -0.25) is 14.5 Å². The fraction of sp³-hybridized carbons (Fsp3) is 0.579. The lowest BCUT2D eigenvalue weighted by atomic mass is 9.73. The molecular weight excluding hydrogens is 306 g/mol. The van der Waals surface area contributed by atoms with Crippen molar-refractivity contribution < 1.29 is 19.4 Å². The fourth-order valence-electron chi connectivity index (χ4n) is 3.75. The predicted octanol–water partition coefficient (Wildman–Crippen LogP) is 2.44. The maximum Gasteiger partial charge on any atom is 0.235 e. The number of hydrogen-bond acceptors (Lipinski definition) is 4. The molecule has 130 valence electrons. The molecule has 5 nitrogen and oxygen atoms in total. The highest BCUT2D eigenvalue weighted by molar-refractivity contribution is 6.05. The summed E-state index contributed by atoms with van der Waals surface area (Å²) in [5, 5.41) is 10.2. The van der Waals surface area contributed by atoms with Gasteiger partial charge in [-0.05, 0) is 31.9 Å². The lowest BCUT2D eigenvalue weighted by Gasteiger charge is -2.30. The number of rotatable bonds is 5. The number of aliphatic hydroxyl groups is 1. The first-order valence-electron chi connectivity index (χ1n) is 8.72. The summed E-state index contributed by atoms with van der Waals surface area (Å²) in [7, 11) is 0. The Labute approximate surface area is 142 Å². The second-order valence-electron chi connectivity index (χ2n) is 7.11. The molecule has 5 heteroatoms. The van der Waals surface area contributed by atoms with Crippen LogP contribution in [-0.2, 0) is 9.59 Å². The Balaban J connectivity index is 1.55. The van der Waals surface area contributed by atoms with Crippen molar-refractivity contribution in [1.82, 2.24) is 4.90 Å². The van der Waals surface area contributed by atoms with E-state index >= 15 is 0 Å². The Morgan fingerprint density at radius 2 is 1.83 bits per heavy atom. The molecule has 1 saturated carbocycles. The average Bonchev–Trinajstić information content (AvgIpc) is 2.79. The lowest BCUT2D eigenvalue weighted by Crippen LogP contribution is -2.42. The Kier molecular flexibility index (Phi) is 4.90. The van der Waals surface area contributed by atoms with Crippen molar-refractivity contribution in [2.24, 2.45) is 5.41 Å². The van der Waals surface area contributed by atoms with Gasteiger partial charge in [-0.25, -0.2) is 0 Å². The first-order valence-corrected chi connectivity index (χ1v) is 8.72. The van der Waals surface area contributed by atoms with E-state index in [1.165, 1.54) is 4.90 Å². The summed E-state index contributed by atoms with van der Waals surface area (Å²) in [5.74, 6) is 0.417. The molecule has 2 aliphatic rings. The number of likely N-dealkylation sites (tertiary alicyclic amines) is 1. The highest BCUT2D eigenvalue weighted by Crippen LogP contribution is 2.45. The smallest absolute Gasteiger partial charge is 0.235 e. The van der Waals surface area contributed by atoms with Crippen molar-refractivity contribution in [2.75, 3.05) is 13.2 Å². The number of aliphatic hydroxyl groups excluding tert-OH is 1. The minimum atomic E-state index is -0.877. The molecule has 0 unspecified atom stereocenters. The van der Waals surface area contributed by atoms with Crippen LogP contribution in [0.3, 0.4) is 0 Å². The van der Waals surface area contributed by atoms with Crippen LogP contribution in [0, 0.1) is 12.3 Å². The number of aryl methyl sites for hydroxylation is 1. The molecule has 1 spiro atoms. The Morgan fingerprint density at radius 1 is 1.17 bits per heavy atom. The van der Waals surface area contributed by atoms with Crippen LogP contribution < -0.4 is 4.74 Å². The van der Waals surface area contributed by atoms with Gasteiger partial charge in [0.15, 0.2) is 0 Å². The average molecular weight is 331 g/mol. The van der Waals surface area contributed by atoms with Crippen molar-refractivity contribution in [3.8, 4) is 5.75 Å². The standard InChI is InChI=1S/C19H25NO4/c1-14-5-7-16(8-6-14)24-13-15(21)12-20-17(22)11-19(18(20)23)9-3-2-4-10-19/h5-8,15,21H,2-4,9-13H2,1H3/t15-/m1/s1. The van der Waals surface area contributed by atoms with Gasteiger partial charge in [-0.15, -0.1) is 0 Å². The first kappa shape index (κ1) is 17.0. The number of ether oxygens (including phenoxy) is 1. The second kappa shape index (κ2) is 6.93. The van der Waals surface area contributed by atoms with Gasteiger partial charge >= 0.3 is 0 Å². The van der Waals surface area contributed by atoms with E-state index in [1.54, 1.807) is 0 Å². The van der Waals surface area contributed by atoms with Crippen LogP contribution in [0.15, 0.2) is 24.3 Å². The molecule has 0 aromatic heterocycles. The molecule has 2 fully saturated rings. The van der Waals surface area contributed by atoms with E-state index < -0.39 is 11.5 Å². The number of benzene rings is 1. The zero-order valence-corrected chi connectivity index (χ0v) is 14.2. The number of β-amino-alcohol motifs (C(OH)–C–C–N with tert-alkyl or cyclic N) is 1. The van der Waals surface area contributed by atoms with Crippen molar-refractivity contribution in [2.45, 2.75) is 51.6 Å². The summed E-state index contributed by atoms with van der Waals surface area (Å²) in [4.78, 5) is 26.2. The first-order chi connectivity index (χ1) is 11.5. The normalized spacial score (nSPS) is 21.3. The van der Waals surface area contributed by atoms with Crippen molar-refractivity contribution in [3.63, 3.8) is 0 Å². The maximum absolute atomic E-state index is 12.7. The highest BCUT2D eigenvalue weighted by atomic mass is 16.5. The van der Waals surface area contributed by atoms with Crippen LogP contribution in [0.2, 0.25) is 0 Å². The van der Waals surface area contributed by atoms with Crippen LogP contribution >= 0.6 is 0 Å². The maximum atomic E-state index is 12.7. The van der Waals surface area contributed by atoms with Gasteiger partial charge in [-0.2, -0.15) is 0 Å². The largest absolute Gasteiger partial charge is 0.491 e. The summed E-state index contributed by atoms with van der Waals surface area (Å²) in [6.07, 6.45) is 4.16. The van der Waals surface area contributed by atoms with E-state index in [0.29, 0.717) is 12.2 Å². The SMILES string of the molecule is Cc1ccc(OC[C@H](O)CN2C(=O)CC3(CCCCC3)C2=O)cc1. The van der Waals surface area contributed by atoms with Gasteiger partial charge < -0.3 is 9.84 Å². The second-order valence-corrected chi connectivity index (χ2v) is 7.11. The quantitative estimate of drug-likeness (QED) is 0.842. The van der Waals surface area contributed by atoms with Crippen LogP contribution in [0.4, 0.5) is 0 Å². The summed E-state index contributed by atoms with van der Waals surface area (Å²) in [6.45, 7) is 2.07. The molecule has 24 heavy (non-hydrogen) atoms. The van der Waals surface area contributed by atoms with Gasteiger partial charge in [-0.1, -0.05) is 37.0 Å². The highest BCUT2D eigenvalue weighted by Gasteiger charge is 2.51. The summed E-state index contributed by atoms with van der Waals surface area (Å²) < 4.78 is 5.54. The van der Waals surface area contributed by atoms with Crippen LogP contribution in [0.5, 0.6) is 5.75 Å². The summed E-state index contributed by atoms with van der Waals surface area (Å²) in [6, 6.07) is 7.54. The molecule has 1 aliphatic carbocycles. The third-order valence-electron chi connectivity index (χ3n) is 5.16. The minimum absolute atomic E-state index is 0.0191. The molecule has 1 N–H and O–H groups in total. The lowest BCUT2D eigenvalue weighted by molar-refractivity contribution is -0.144. The molecule has 0 radical (unpaired) electrons. The van der Waals surface area contributed by atoms with E-state index in [-0.39, 0.29) is 25.0 Å². The van der Waals surface area contributed by atoms with E-state index in [2.05, 4.69) is 0 Å². The van der Waals surface area contributed by atoms with Gasteiger partial charge in [0.05, 0.1) is 12.0 Å². The molecule has 1 aliphatic heterocycles. The van der Waals surface area contributed by atoms with Crippen molar-refractivity contribution in [3.05, 3.63) is 29.8 Å². The van der Waals surface area contributed by atoms with E-state index in [4.69, 9.17) is 4.74 Å². The minimum Gasteiger partial charge on any atom is -0.491 e. The molecule has 1 heterocycles. The van der Waals surface area contributed by atoms with Crippen LogP contribution in [0.25, 0.3) is 0 Å². The van der Waals surface area contributed by atoms with Gasteiger partial charge in [0.2, 0.25) is 11.8 Å². The number of hydrogen-bond donors (Lipinski definition) is 1. The van der Waals surface area contributed by atoms with E-state index in [9.17, 15) is 14.7 Å². The zero-order chi connectivity index (χ0) is 17.2. The zero-order valence-electron chi connectivity index (χ0n) is 14.2. The molecule has 1 aromatic rings. The van der Waals surface area contributed by atoms with Gasteiger partial charge in [0.25, 0.3) is 0 Å². The van der Waals surface area contributed by atoms with Crippen molar-refractivity contribution in [1.29, 1.82) is 0 Å². The molecular formula is C19H25NO4. The van der Waals surface area contributed by atoms with Crippen LogP contribution in [-0.4, -0.2) is 41.1 Å². The molecule has 3 rings (SSSR count). The molecule has 2 amide bonds. The summed E-state index contributed by atoms with van der Waals surface area (Å²) in [5.41, 5.74) is 0.640. The molecule has 1 atom stereocenters. The van der Waals surface area contributed by atoms with Gasteiger partial charge in [0.1, 0.15) is 18.5 Å². The van der Waals surface area contributed by atoms with E-state index in [0.717, 1.165) is 37.7 Å². The number of carbonyl (C=O) groups is 2. The Hall–Kier alpha value is -1.88. The fourth-order valence-corrected chi connectivity index (χ4v) is 3.75. The predicted molar refractivity (Wildman–Crippen MR) is 89.5 cm³/mol. The molecule has 1 saturated heterocycles. The number of nitrogens with zero attached hydrogens (tertiary/aromatic N) is 1. The Morgan fingerprint density at radius 3 is 2.50 bits per heavy atom. The third kappa shape index (κ3) is 3.46.